The fourth-order valence-corrected chi connectivity index (χ4v) is 3.13. The van der Waals surface area contributed by atoms with Crippen LogP contribution in [0.4, 0.5) is 0 Å². The van der Waals surface area contributed by atoms with E-state index in [1.54, 1.807) is 0 Å². The molecule has 0 heterocycles. The second kappa shape index (κ2) is 10.2. The van der Waals surface area contributed by atoms with E-state index in [-0.39, 0.29) is 12.4 Å². The van der Waals surface area contributed by atoms with Gasteiger partial charge in [0, 0.05) is 0 Å². The first-order chi connectivity index (χ1) is 11.6. The molecule has 1 N–H and O–H groups in total. The molecule has 0 aliphatic carbocycles. The lowest BCUT2D eigenvalue weighted by Crippen LogP contribution is -2.30. The van der Waals surface area contributed by atoms with Crippen LogP contribution in [-0.4, -0.2) is 13.1 Å². The molecule has 0 aliphatic heterocycles. The summed E-state index contributed by atoms with van der Waals surface area (Å²) in [5.74, 6) is 0. The molecular weight excluding hydrogens is 328 g/mol. The van der Waals surface area contributed by atoms with Gasteiger partial charge in [-0.3, -0.25) is 0 Å². The molecule has 2 rings (SSSR count). The number of fused-ring (bicyclic) bond motifs is 1. The van der Waals surface area contributed by atoms with Gasteiger partial charge in [0.15, 0.2) is 0 Å². The molecule has 0 fully saturated rings. The highest BCUT2D eigenvalue weighted by atomic mass is 35.5. The SMILES string of the molecule is CCCNCCC(C#N)(CC=C(C)C)c1cccc2ccccc12.Cl. The third kappa shape index (κ3) is 5.33. The second-order valence-electron chi connectivity index (χ2n) is 6.71. The fraction of sp³-hybridized carbons (Fsp3) is 0.409. The van der Waals surface area contributed by atoms with E-state index in [1.807, 2.05) is 0 Å². The highest BCUT2D eigenvalue weighted by Crippen LogP contribution is 2.36. The monoisotopic (exact) mass is 356 g/mol. The van der Waals surface area contributed by atoms with Crippen LogP contribution in [0.25, 0.3) is 10.8 Å². The lowest BCUT2D eigenvalue weighted by Gasteiger charge is -2.28. The van der Waals surface area contributed by atoms with Gasteiger partial charge in [0.25, 0.3) is 0 Å². The van der Waals surface area contributed by atoms with Crippen molar-refractivity contribution in [3.63, 3.8) is 0 Å². The lowest BCUT2D eigenvalue weighted by atomic mass is 9.74. The van der Waals surface area contributed by atoms with Gasteiger partial charge in [-0.25, -0.2) is 0 Å². The van der Waals surface area contributed by atoms with Crippen LogP contribution in [0.2, 0.25) is 0 Å². The predicted molar refractivity (Wildman–Crippen MR) is 110 cm³/mol. The highest BCUT2D eigenvalue weighted by Gasteiger charge is 2.32. The average Bonchev–Trinajstić information content (AvgIpc) is 2.61. The van der Waals surface area contributed by atoms with E-state index in [0.29, 0.717) is 0 Å². The van der Waals surface area contributed by atoms with E-state index in [0.717, 1.165) is 37.9 Å². The maximum absolute atomic E-state index is 10.2. The molecule has 25 heavy (non-hydrogen) atoms. The fourth-order valence-electron chi connectivity index (χ4n) is 3.13. The Morgan fingerprint density at radius 3 is 2.52 bits per heavy atom. The number of halogens is 1. The Kier molecular flexibility index (Phi) is 8.69. The summed E-state index contributed by atoms with van der Waals surface area (Å²) in [5.41, 5.74) is 1.93. The van der Waals surface area contributed by atoms with Gasteiger partial charge in [0.1, 0.15) is 0 Å². The van der Waals surface area contributed by atoms with Crippen LogP contribution in [0.3, 0.4) is 0 Å². The van der Waals surface area contributed by atoms with E-state index >= 15 is 0 Å². The number of benzene rings is 2. The standard InChI is InChI=1S/C22H28N2.ClH/c1-4-15-24-16-14-22(17-23,13-12-18(2)3)21-11-7-9-19-8-5-6-10-20(19)21;/h5-12,24H,4,13-16H2,1-3H3;1H. The van der Waals surface area contributed by atoms with Crippen molar-refractivity contribution in [3.05, 3.63) is 59.7 Å². The normalized spacial score (nSPS) is 12.7. The van der Waals surface area contributed by atoms with Crippen molar-refractivity contribution in [2.45, 2.75) is 45.4 Å². The number of hydrogen-bond acceptors (Lipinski definition) is 2. The van der Waals surface area contributed by atoms with Gasteiger partial charge in [-0.05, 0) is 62.5 Å². The molecule has 134 valence electrons. The summed E-state index contributed by atoms with van der Waals surface area (Å²) in [6.07, 6.45) is 4.89. The van der Waals surface area contributed by atoms with Crippen LogP contribution in [-0.2, 0) is 5.41 Å². The molecular formula is C22H29ClN2. The smallest absolute Gasteiger partial charge is 0.0874 e. The number of nitriles is 1. The first kappa shape index (κ1) is 21.2. The molecule has 2 nitrogen and oxygen atoms in total. The van der Waals surface area contributed by atoms with Gasteiger partial charge < -0.3 is 5.32 Å². The minimum atomic E-state index is -0.487. The number of nitrogens with one attached hydrogen (secondary N) is 1. The molecule has 3 heteroatoms. The molecule has 0 aliphatic rings. The molecule has 1 unspecified atom stereocenters. The molecule has 0 spiro atoms. The summed E-state index contributed by atoms with van der Waals surface area (Å²) in [6, 6.07) is 17.4. The number of hydrogen-bond donors (Lipinski definition) is 1. The third-order valence-electron chi connectivity index (χ3n) is 4.53. The van der Waals surface area contributed by atoms with E-state index < -0.39 is 5.41 Å². The van der Waals surface area contributed by atoms with Crippen molar-refractivity contribution in [2.24, 2.45) is 0 Å². The van der Waals surface area contributed by atoms with Gasteiger partial charge in [-0.15, -0.1) is 12.4 Å². The molecule has 2 aromatic carbocycles. The Hall–Kier alpha value is -1.82. The summed E-state index contributed by atoms with van der Waals surface area (Å²) >= 11 is 0. The van der Waals surface area contributed by atoms with E-state index in [2.05, 4.69) is 80.7 Å². The molecule has 1 atom stereocenters. The Morgan fingerprint density at radius 2 is 1.84 bits per heavy atom. The topological polar surface area (TPSA) is 35.8 Å². The van der Waals surface area contributed by atoms with E-state index in [4.69, 9.17) is 0 Å². The minimum absolute atomic E-state index is 0. The zero-order valence-electron chi connectivity index (χ0n) is 15.5. The summed E-state index contributed by atoms with van der Waals surface area (Å²) in [5, 5.41) is 16.0. The summed E-state index contributed by atoms with van der Waals surface area (Å²) in [7, 11) is 0. The van der Waals surface area contributed by atoms with Gasteiger partial charge >= 0.3 is 0 Å². The van der Waals surface area contributed by atoms with Crippen molar-refractivity contribution >= 4 is 23.2 Å². The van der Waals surface area contributed by atoms with Crippen molar-refractivity contribution in [2.75, 3.05) is 13.1 Å². The average molecular weight is 357 g/mol. The van der Waals surface area contributed by atoms with Crippen molar-refractivity contribution in [1.82, 2.24) is 5.32 Å². The quantitative estimate of drug-likeness (QED) is 0.481. The van der Waals surface area contributed by atoms with Gasteiger partial charge in [0.2, 0.25) is 0 Å². The highest BCUT2D eigenvalue weighted by molar-refractivity contribution is 5.87. The Morgan fingerprint density at radius 1 is 1.12 bits per heavy atom. The summed E-state index contributed by atoms with van der Waals surface area (Å²) < 4.78 is 0. The van der Waals surface area contributed by atoms with Crippen LogP contribution in [0, 0.1) is 11.3 Å². The van der Waals surface area contributed by atoms with Gasteiger partial charge in [-0.1, -0.05) is 61.0 Å². The van der Waals surface area contributed by atoms with Gasteiger partial charge in [0.05, 0.1) is 11.5 Å². The van der Waals surface area contributed by atoms with Crippen molar-refractivity contribution in [1.29, 1.82) is 5.26 Å². The van der Waals surface area contributed by atoms with Crippen molar-refractivity contribution < 1.29 is 0 Å². The number of allylic oxidation sites excluding steroid dienone is 2. The van der Waals surface area contributed by atoms with E-state index in [1.165, 1.54) is 16.3 Å². The maximum Gasteiger partial charge on any atom is 0.0874 e. The number of rotatable bonds is 8. The van der Waals surface area contributed by atoms with Crippen LogP contribution >= 0.6 is 12.4 Å². The molecule has 0 saturated carbocycles. The van der Waals surface area contributed by atoms with Crippen LogP contribution in [0.1, 0.15) is 45.6 Å². The molecule has 0 saturated heterocycles. The number of nitrogens with zero attached hydrogens (tertiary/aromatic N) is 1. The van der Waals surface area contributed by atoms with Crippen molar-refractivity contribution in [3.8, 4) is 6.07 Å². The maximum atomic E-state index is 10.2. The largest absolute Gasteiger partial charge is 0.317 e. The van der Waals surface area contributed by atoms with E-state index in [9.17, 15) is 5.26 Å². The summed E-state index contributed by atoms with van der Waals surface area (Å²) in [4.78, 5) is 0. The Labute approximate surface area is 158 Å². The first-order valence-electron chi connectivity index (χ1n) is 8.86. The Balaban J connectivity index is 0.00000312. The molecule has 0 radical (unpaired) electrons. The lowest BCUT2D eigenvalue weighted by molar-refractivity contribution is 0.483. The minimum Gasteiger partial charge on any atom is -0.317 e. The third-order valence-corrected chi connectivity index (χ3v) is 4.53. The summed E-state index contributed by atoms with van der Waals surface area (Å²) in [6.45, 7) is 8.22. The van der Waals surface area contributed by atoms with Gasteiger partial charge in [-0.2, -0.15) is 5.26 Å². The molecule has 0 bridgehead atoms. The Bertz CT molecular complexity index is 736. The zero-order chi connectivity index (χ0) is 17.4. The van der Waals surface area contributed by atoms with Crippen LogP contribution in [0.5, 0.6) is 0 Å². The molecule has 0 amide bonds. The second-order valence-corrected chi connectivity index (χ2v) is 6.71. The van der Waals surface area contributed by atoms with Crippen LogP contribution < -0.4 is 5.32 Å². The zero-order valence-corrected chi connectivity index (χ0v) is 16.3. The van der Waals surface area contributed by atoms with Crippen LogP contribution in [0.15, 0.2) is 54.1 Å². The molecule has 0 aromatic heterocycles. The first-order valence-corrected chi connectivity index (χ1v) is 8.86. The molecule has 2 aromatic rings. The predicted octanol–water partition coefficient (Wildman–Crippen LogP) is 5.77.